The highest BCUT2D eigenvalue weighted by molar-refractivity contribution is 5.85. The van der Waals surface area contributed by atoms with Crippen LogP contribution in [0.3, 0.4) is 0 Å². The number of rotatable bonds is 5. The van der Waals surface area contributed by atoms with Crippen molar-refractivity contribution < 1.29 is 10.0 Å². The van der Waals surface area contributed by atoms with E-state index >= 15 is 0 Å². The molecule has 1 fully saturated rings. The van der Waals surface area contributed by atoms with E-state index in [-0.39, 0.29) is 30.7 Å². The van der Waals surface area contributed by atoms with Gasteiger partial charge >= 0.3 is 0 Å². The first-order valence-corrected chi connectivity index (χ1v) is 6.52. The van der Waals surface area contributed by atoms with Gasteiger partial charge in [-0.05, 0) is 12.0 Å². The quantitative estimate of drug-likeness (QED) is 0.634. The van der Waals surface area contributed by atoms with Crippen LogP contribution in [-0.2, 0) is 0 Å². The Morgan fingerprint density at radius 1 is 1.30 bits per heavy atom. The molecule has 112 valence electrons. The minimum Gasteiger partial charge on any atom is -0.396 e. The zero-order chi connectivity index (χ0) is 13.7. The molecule has 0 saturated carbocycles. The molecule has 0 radical (unpaired) electrons. The molecule has 0 bridgehead atoms. The highest BCUT2D eigenvalue weighted by Crippen LogP contribution is 2.26. The van der Waals surface area contributed by atoms with Gasteiger partial charge < -0.3 is 10.4 Å². The molecular formula is C13H20ClN3O3. The Bertz CT molecular complexity index is 421. The van der Waals surface area contributed by atoms with Crippen LogP contribution in [0.1, 0.15) is 18.0 Å². The van der Waals surface area contributed by atoms with Crippen LogP contribution in [0.4, 0.5) is 5.69 Å². The van der Waals surface area contributed by atoms with Gasteiger partial charge in [0.15, 0.2) is 0 Å². The molecule has 1 aromatic rings. The third-order valence-corrected chi connectivity index (χ3v) is 3.48. The smallest absolute Gasteiger partial charge is 0.269 e. The standard InChI is InChI=1S/C13H19N3O3.ClH/c17-10-5-13(15-8-6-14-7-9-15)11-1-3-12(4-2-11)16(18)19;/h1-4,13-14,17H,5-10H2;1H/t13-;/m1./s1. The van der Waals surface area contributed by atoms with E-state index in [1.165, 1.54) is 12.1 Å². The number of halogens is 1. The Morgan fingerprint density at radius 2 is 1.90 bits per heavy atom. The van der Waals surface area contributed by atoms with Crippen molar-refractivity contribution in [1.82, 2.24) is 10.2 Å². The number of non-ortho nitro benzene ring substituents is 1. The summed E-state index contributed by atoms with van der Waals surface area (Å²) in [7, 11) is 0. The van der Waals surface area contributed by atoms with Gasteiger partial charge in [-0.25, -0.2) is 0 Å². The number of hydrogen-bond acceptors (Lipinski definition) is 5. The molecule has 1 saturated heterocycles. The number of piperazine rings is 1. The molecule has 7 heteroatoms. The molecule has 1 aliphatic heterocycles. The second-order valence-corrected chi connectivity index (χ2v) is 4.66. The van der Waals surface area contributed by atoms with Gasteiger partial charge in [-0.1, -0.05) is 12.1 Å². The average molecular weight is 302 g/mol. The van der Waals surface area contributed by atoms with Gasteiger partial charge in [0.25, 0.3) is 5.69 Å². The monoisotopic (exact) mass is 301 g/mol. The van der Waals surface area contributed by atoms with Crippen LogP contribution in [0.2, 0.25) is 0 Å². The van der Waals surface area contributed by atoms with Crippen LogP contribution < -0.4 is 5.32 Å². The first-order valence-electron chi connectivity index (χ1n) is 6.52. The number of aliphatic hydroxyl groups excluding tert-OH is 1. The van der Waals surface area contributed by atoms with Gasteiger partial charge in [-0.3, -0.25) is 15.0 Å². The summed E-state index contributed by atoms with van der Waals surface area (Å²) >= 11 is 0. The van der Waals surface area contributed by atoms with E-state index in [0.717, 1.165) is 31.7 Å². The van der Waals surface area contributed by atoms with Gasteiger partial charge in [-0.2, -0.15) is 0 Å². The predicted octanol–water partition coefficient (Wildman–Crippen LogP) is 1.35. The molecular weight excluding hydrogens is 282 g/mol. The Morgan fingerprint density at radius 3 is 2.40 bits per heavy atom. The van der Waals surface area contributed by atoms with Crippen molar-refractivity contribution in [1.29, 1.82) is 0 Å². The van der Waals surface area contributed by atoms with Gasteiger partial charge in [-0.15, -0.1) is 12.4 Å². The Hall–Kier alpha value is -1.21. The molecule has 1 aromatic carbocycles. The van der Waals surface area contributed by atoms with Crippen molar-refractivity contribution in [2.45, 2.75) is 12.5 Å². The van der Waals surface area contributed by atoms with Crippen LogP contribution in [0.5, 0.6) is 0 Å². The van der Waals surface area contributed by atoms with E-state index in [4.69, 9.17) is 0 Å². The fourth-order valence-corrected chi connectivity index (χ4v) is 2.49. The van der Waals surface area contributed by atoms with Crippen molar-refractivity contribution in [3.05, 3.63) is 39.9 Å². The highest BCUT2D eigenvalue weighted by atomic mass is 35.5. The first kappa shape index (κ1) is 16.8. The Balaban J connectivity index is 0.00000200. The fourth-order valence-electron chi connectivity index (χ4n) is 2.49. The van der Waals surface area contributed by atoms with Crippen LogP contribution in [0, 0.1) is 10.1 Å². The summed E-state index contributed by atoms with van der Waals surface area (Å²) in [5.41, 5.74) is 1.13. The lowest BCUT2D eigenvalue weighted by Crippen LogP contribution is -2.45. The predicted molar refractivity (Wildman–Crippen MR) is 79.2 cm³/mol. The third-order valence-electron chi connectivity index (χ3n) is 3.48. The summed E-state index contributed by atoms with van der Waals surface area (Å²) < 4.78 is 0. The lowest BCUT2D eigenvalue weighted by Gasteiger charge is -2.35. The summed E-state index contributed by atoms with van der Waals surface area (Å²) in [4.78, 5) is 12.6. The molecule has 1 atom stereocenters. The average Bonchev–Trinajstić information content (AvgIpc) is 2.46. The Labute approximate surface area is 124 Å². The summed E-state index contributed by atoms with van der Waals surface area (Å²) in [6.07, 6.45) is 0.651. The number of nitrogens with zero attached hydrogens (tertiary/aromatic N) is 2. The largest absolute Gasteiger partial charge is 0.396 e. The summed E-state index contributed by atoms with van der Waals surface area (Å²) in [5, 5.41) is 23.2. The van der Waals surface area contributed by atoms with E-state index < -0.39 is 4.92 Å². The molecule has 0 aromatic heterocycles. The molecule has 20 heavy (non-hydrogen) atoms. The van der Waals surface area contributed by atoms with Crippen LogP contribution in [0.25, 0.3) is 0 Å². The van der Waals surface area contributed by atoms with E-state index in [1.54, 1.807) is 12.1 Å². The first-order chi connectivity index (χ1) is 9.22. The second-order valence-electron chi connectivity index (χ2n) is 4.66. The van der Waals surface area contributed by atoms with Gasteiger partial charge in [0.1, 0.15) is 0 Å². The molecule has 0 unspecified atom stereocenters. The zero-order valence-corrected chi connectivity index (χ0v) is 12.0. The Kier molecular flexibility index (Phi) is 6.87. The van der Waals surface area contributed by atoms with Crippen molar-refractivity contribution in [2.24, 2.45) is 0 Å². The van der Waals surface area contributed by atoms with Crippen molar-refractivity contribution in [2.75, 3.05) is 32.8 Å². The van der Waals surface area contributed by atoms with E-state index in [1.807, 2.05) is 0 Å². The molecule has 0 aliphatic carbocycles. The van der Waals surface area contributed by atoms with E-state index in [9.17, 15) is 15.2 Å². The number of nitro groups is 1. The number of hydrogen-bond donors (Lipinski definition) is 2. The van der Waals surface area contributed by atoms with Crippen LogP contribution in [-0.4, -0.2) is 47.7 Å². The molecule has 0 spiro atoms. The number of aliphatic hydroxyl groups is 1. The maximum absolute atomic E-state index is 10.7. The molecule has 2 rings (SSSR count). The van der Waals surface area contributed by atoms with Gasteiger partial charge in [0.2, 0.25) is 0 Å². The van der Waals surface area contributed by atoms with Crippen LogP contribution in [0.15, 0.2) is 24.3 Å². The van der Waals surface area contributed by atoms with E-state index in [0.29, 0.717) is 6.42 Å². The maximum atomic E-state index is 10.7. The number of nitro benzene ring substituents is 1. The second kappa shape index (κ2) is 8.16. The molecule has 0 amide bonds. The molecule has 6 nitrogen and oxygen atoms in total. The number of nitrogens with one attached hydrogen (secondary N) is 1. The summed E-state index contributed by atoms with van der Waals surface area (Å²) in [5.74, 6) is 0. The molecule has 2 N–H and O–H groups in total. The fraction of sp³-hybridized carbons (Fsp3) is 0.538. The number of benzene rings is 1. The highest BCUT2D eigenvalue weighted by Gasteiger charge is 2.22. The lowest BCUT2D eigenvalue weighted by atomic mass is 10.0. The topological polar surface area (TPSA) is 78.6 Å². The van der Waals surface area contributed by atoms with Gasteiger partial charge in [0, 0.05) is 51.0 Å². The minimum absolute atomic E-state index is 0. The molecule has 1 aliphatic rings. The SMILES string of the molecule is Cl.O=[N+]([O-])c1ccc([C@@H](CCO)N2CCNCC2)cc1. The van der Waals surface area contributed by atoms with Crippen molar-refractivity contribution in [3.8, 4) is 0 Å². The summed E-state index contributed by atoms with van der Waals surface area (Å²) in [6, 6.07) is 6.78. The van der Waals surface area contributed by atoms with Crippen molar-refractivity contribution >= 4 is 18.1 Å². The van der Waals surface area contributed by atoms with Crippen LogP contribution >= 0.6 is 12.4 Å². The summed E-state index contributed by atoms with van der Waals surface area (Å²) in [6.45, 7) is 3.86. The minimum atomic E-state index is -0.393. The van der Waals surface area contributed by atoms with Gasteiger partial charge in [0.05, 0.1) is 4.92 Å². The lowest BCUT2D eigenvalue weighted by molar-refractivity contribution is -0.384. The maximum Gasteiger partial charge on any atom is 0.269 e. The normalized spacial score (nSPS) is 17.2. The zero-order valence-electron chi connectivity index (χ0n) is 11.2. The van der Waals surface area contributed by atoms with E-state index in [2.05, 4.69) is 10.2 Å². The van der Waals surface area contributed by atoms with Crippen molar-refractivity contribution in [3.63, 3.8) is 0 Å². The third kappa shape index (κ3) is 4.14. The molecule has 1 heterocycles.